The molecule has 6 aromatic rings. The zero-order valence-electron chi connectivity index (χ0n) is 50.3. The molecule has 2 aliphatic heterocycles. The molecule has 2 saturated heterocycles. The molecule has 2 fully saturated rings. The lowest BCUT2D eigenvalue weighted by Gasteiger charge is -2.51. The number of thioether (sulfide) groups is 2. The Hall–Kier alpha value is -4.16. The average molecular weight is 1200 g/mol. The van der Waals surface area contributed by atoms with Gasteiger partial charge in [-0.15, -0.1) is 23.5 Å². The van der Waals surface area contributed by atoms with Gasteiger partial charge in [0.1, 0.15) is 0 Å². The summed E-state index contributed by atoms with van der Waals surface area (Å²) < 4.78 is 19.7. The molecule has 4 N–H and O–H groups in total. The Morgan fingerprint density at radius 3 is 1.08 bits per heavy atom. The molecule has 13 heteroatoms. The molecule has 0 radical (unpaired) electrons. The SMILES string of the molecule is CC1(C)CC(NCc2ccc(C(CCc3ccc(COCCOCCOCc4ccc(CCC(SC(=S)c5ccccc5)c5ccc(CNC6CC(C)(C)N(O)C(C)(C)C6)cc5)cc4)cc3)SC(=S)c3ccccc3)cc2)CC(C)(C)N1O. The third-order valence-electron chi connectivity index (χ3n) is 16.4. The second-order valence-corrected chi connectivity index (χ2v) is 29.0. The summed E-state index contributed by atoms with van der Waals surface area (Å²) in [5.41, 5.74) is 11.0. The molecule has 0 bridgehead atoms. The van der Waals surface area contributed by atoms with Crippen LogP contribution in [0.2, 0.25) is 0 Å². The van der Waals surface area contributed by atoms with Crippen LogP contribution in [0.4, 0.5) is 0 Å². The maximum absolute atomic E-state index is 10.8. The lowest BCUT2D eigenvalue weighted by molar-refractivity contribution is -0.246. The van der Waals surface area contributed by atoms with Crippen LogP contribution in [-0.4, -0.2) is 89.6 Å². The van der Waals surface area contributed by atoms with Gasteiger partial charge in [0.15, 0.2) is 0 Å². The number of ether oxygens (including phenoxy) is 3. The van der Waals surface area contributed by atoms with Crippen LogP contribution in [0.15, 0.2) is 158 Å². The monoisotopic (exact) mass is 1190 g/mol. The summed E-state index contributed by atoms with van der Waals surface area (Å²) in [5.74, 6) is 0. The van der Waals surface area contributed by atoms with Crippen molar-refractivity contribution in [2.24, 2.45) is 0 Å². The number of benzene rings is 6. The number of nitrogens with zero attached hydrogens (tertiary/aromatic N) is 2. The fourth-order valence-electron chi connectivity index (χ4n) is 12.1. The van der Waals surface area contributed by atoms with Gasteiger partial charge in [-0.05, 0) is 162 Å². The number of rotatable bonds is 28. The van der Waals surface area contributed by atoms with E-state index in [1.165, 1.54) is 33.4 Å². The standard InChI is InChI=1S/C70H90N4O5S4/c1-67(2)43-61(44-68(3,4)73(67)75)71-47-53-27-33-57(34-28-53)63(82-65(80)59-15-11-9-12-16-59)37-31-51-19-23-55(24-20-51)49-78-41-39-77-40-42-79-50-56-25-21-52(22-26-56)32-38-64(83-66(81)60-17-13-10-14-18-60)58-35-29-54(30-36-58)48-72-62-45-69(5,6)74(76)70(7,8)46-62/h9-30,33-36,61-64,71-72,75-76H,31-32,37-50H2,1-8H3. The molecule has 2 aliphatic rings. The van der Waals surface area contributed by atoms with Crippen LogP contribution in [0.5, 0.6) is 0 Å². The first-order chi connectivity index (χ1) is 39.7. The van der Waals surface area contributed by atoms with Crippen molar-refractivity contribution in [2.75, 3.05) is 26.4 Å². The summed E-state index contributed by atoms with van der Waals surface area (Å²) >= 11 is 15.6. The smallest absolute Gasteiger partial charge is 0.0784 e. The minimum Gasteiger partial charge on any atom is -0.377 e. The Morgan fingerprint density at radius 2 is 0.747 bits per heavy atom. The van der Waals surface area contributed by atoms with Crippen LogP contribution in [-0.2, 0) is 53.4 Å². The summed E-state index contributed by atoms with van der Waals surface area (Å²) in [6.45, 7) is 21.6. The largest absolute Gasteiger partial charge is 0.377 e. The van der Waals surface area contributed by atoms with Crippen molar-refractivity contribution >= 4 is 56.4 Å². The first kappa shape index (κ1) is 64.8. The quantitative estimate of drug-likeness (QED) is 0.0277. The van der Waals surface area contributed by atoms with Crippen molar-refractivity contribution in [1.29, 1.82) is 0 Å². The van der Waals surface area contributed by atoms with Crippen LogP contribution >= 0.6 is 48.0 Å². The third kappa shape index (κ3) is 19.4. The molecule has 2 unspecified atom stereocenters. The number of aryl methyl sites for hydroxylation is 2. The predicted molar refractivity (Wildman–Crippen MR) is 353 cm³/mol. The van der Waals surface area contributed by atoms with Gasteiger partial charge in [-0.25, -0.2) is 0 Å². The van der Waals surface area contributed by atoms with Gasteiger partial charge >= 0.3 is 0 Å². The summed E-state index contributed by atoms with van der Waals surface area (Å²) in [5, 5.41) is 32.6. The molecule has 0 aliphatic carbocycles. The van der Waals surface area contributed by atoms with Crippen molar-refractivity contribution in [2.45, 2.75) is 178 Å². The summed E-state index contributed by atoms with van der Waals surface area (Å²) in [6.07, 6.45) is 7.33. The van der Waals surface area contributed by atoms with Gasteiger partial charge in [-0.2, -0.15) is 10.1 Å². The number of hydrogen-bond acceptors (Lipinski definition) is 13. The Morgan fingerprint density at radius 1 is 0.446 bits per heavy atom. The van der Waals surface area contributed by atoms with Crippen LogP contribution in [0.1, 0.15) is 160 Å². The molecule has 0 aromatic heterocycles. The molecular formula is C70H90N4O5S4. The van der Waals surface area contributed by atoms with Gasteiger partial charge in [0.2, 0.25) is 0 Å². The minimum absolute atomic E-state index is 0.210. The van der Waals surface area contributed by atoms with E-state index in [4.69, 9.17) is 38.6 Å². The minimum atomic E-state index is -0.286. The lowest BCUT2D eigenvalue weighted by atomic mass is 9.79. The van der Waals surface area contributed by atoms with E-state index in [0.717, 1.165) is 95.1 Å². The lowest BCUT2D eigenvalue weighted by Crippen LogP contribution is -2.62. The molecule has 83 heavy (non-hydrogen) atoms. The van der Waals surface area contributed by atoms with E-state index in [0.29, 0.717) is 51.7 Å². The van der Waals surface area contributed by atoms with Gasteiger partial charge in [0.05, 0.1) is 48.0 Å². The number of nitrogens with one attached hydrogen (secondary N) is 2. The fourth-order valence-corrected chi connectivity index (χ4v) is 15.2. The first-order valence-corrected chi connectivity index (χ1v) is 32.3. The molecule has 2 atom stereocenters. The van der Waals surface area contributed by atoms with Crippen molar-refractivity contribution in [1.82, 2.24) is 20.8 Å². The van der Waals surface area contributed by atoms with E-state index in [-0.39, 0.29) is 32.7 Å². The topological polar surface area (TPSA) is 98.7 Å². The van der Waals surface area contributed by atoms with Gasteiger partial charge < -0.3 is 35.3 Å². The summed E-state index contributed by atoms with van der Waals surface area (Å²) in [7, 11) is 0. The zero-order chi connectivity index (χ0) is 59.0. The van der Waals surface area contributed by atoms with Crippen molar-refractivity contribution < 1.29 is 24.6 Å². The number of piperidine rings is 2. The molecule has 8 rings (SSSR count). The second-order valence-electron chi connectivity index (χ2n) is 25.3. The van der Waals surface area contributed by atoms with E-state index in [2.05, 4.69) is 212 Å². The predicted octanol–water partition coefficient (Wildman–Crippen LogP) is 16.0. The van der Waals surface area contributed by atoms with Crippen LogP contribution in [0, 0.1) is 0 Å². The van der Waals surface area contributed by atoms with Gasteiger partial charge in [0.25, 0.3) is 0 Å². The summed E-state index contributed by atoms with van der Waals surface area (Å²) in [4.78, 5) is 0. The van der Waals surface area contributed by atoms with Gasteiger partial charge in [-0.3, -0.25) is 0 Å². The second kappa shape index (κ2) is 30.5. The molecule has 444 valence electrons. The highest BCUT2D eigenvalue weighted by molar-refractivity contribution is 8.24. The fraction of sp³-hybridized carbons (Fsp3) is 0.457. The number of hydrogen-bond donors (Lipinski definition) is 4. The van der Waals surface area contributed by atoms with Gasteiger partial charge in [-0.1, -0.05) is 182 Å². The van der Waals surface area contributed by atoms with Crippen LogP contribution in [0.3, 0.4) is 0 Å². The summed E-state index contributed by atoms with van der Waals surface area (Å²) in [6, 6.07) is 57.0. The van der Waals surface area contributed by atoms with Crippen molar-refractivity contribution in [3.63, 3.8) is 0 Å². The first-order valence-electron chi connectivity index (χ1n) is 29.8. The molecule has 0 saturated carbocycles. The normalized spacial score (nSPS) is 18.0. The van der Waals surface area contributed by atoms with Crippen LogP contribution < -0.4 is 10.6 Å². The van der Waals surface area contributed by atoms with Crippen LogP contribution in [0.25, 0.3) is 0 Å². The number of thiocarbonyl (C=S) groups is 2. The zero-order valence-corrected chi connectivity index (χ0v) is 53.5. The highest BCUT2D eigenvalue weighted by Crippen LogP contribution is 2.41. The van der Waals surface area contributed by atoms with E-state index in [1.807, 2.05) is 12.1 Å². The Balaban J connectivity index is 0.725. The highest BCUT2D eigenvalue weighted by atomic mass is 32.2. The molecule has 0 spiro atoms. The maximum Gasteiger partial charge on any atom is 0.0784 e. The molecule has 2 heterocycles. The van der Waals surface area contributed by atoms with E-state index in [1.54, 1.807) is 33.7 Å². The van der Waals surface area contributed by atoms with E-state index < -0.39 is 0 Å². The van der Waals surface area contributed by atoms with E-state index in [9.17, 15) is 10.4 Å². The Kier molecular flexibility index (Phi) is 23.8. The van der Waals surface area contributed by atoms with Crippen molar-refractivity contribution in [3.8, 4) is 0 Å². The van der Waals surface area contributed by atoms with Crippen molar-refractivity contribution in [3.05, 3.63) is 213 Å². The highest BCUT2D eigenvalue weighted by Gasteiger charge is 2.46. The molecule has 6 aromatic carbocycles. The average Bonchev–Trinajstić information content (AvgIpc) is 3.51. The van der Waals surface area contributed by atoms with E-state index >= 15 is 0 Å². The Bertz CT molecular complexity index is 2710. The molecule has 0 amide bonds. The Labute approximate surface area is 516 Å². The number of hydroxylamine groups is 4. The molecule has 9 nitrogen and oxygen atoms in total. The maximum atomic E-state index is 10.8. The third-order valence-corrected chi connectivity index (χ3v) is 19.9. The molecular weight excluding hydrogens is 1110 g/mol. The van der Waals surface area contributed by atoms with Gasteiger partial charge in [0, 0.05) is 57.8 Å².